The number of anilines is 1. The van der Waals surface area contributed by atoms with Crippen LogP contribution in [-0.2, 0) is 16.1 Å². The van der Waals surface area contributed by atoms with Crippen LogP contribution < -0.4 is 15.4 Å². The van der Waals surface area contributed by atoms with Crippen LogP contribution in [0.3, 0.4) is 0 Å². The molecular weight excluding hydrogens is 446 g/mol. The lowest BCUT2D eigenvalue weighted by Gasteiger charge is -2.16. The van der Waals surface area contributed by atoms with Gasteiger partial charge in [-0.3, -0.25) is 9.59 Å². The summed E-state index contributed by atoms with van der Waals surface area (Å²) in [5.74, 6) is 0.747. The van der Waals surface area contributed by atoms with Crippen molar-refractivity contribution in [1.29, 1.82) is 0 Å². The van der Waals surface area contributed by atoms with Gasteiger partial charge in [-0.05, 0) is 56.6 Å². The smallest absolute Gasteiger partial charge is 0.262 e. The molecule has 0 aliphatic carbocycles. The molecule has 6 nitrogen and oxygen atoms in total. The number of carbonyl (C=O) groups is 2. The number of nitrogens with zero attached hydrogens (tertiary/aromatic N) is 1. The van der Waals surface area contributed by atoms with E-state index in [1.54, 1.807) is 0 Å². The zero-order chi connectivity index (χ0) is 21.3. The molecule has 2 amide bonds. The fourth-order valence-electron chi connectivity index (χ4n) is 3.36. The summed E-state index contributed by atoms with van der Waals surface area (Å²) in [7, 11) is 0. The van der Waals surface area contributed by atoms with Crippen LogP contribution >= 0.6 is 15.9 Å². The second-order valence-electron chi connectivity index (χ2n) is 7.47. The molecule has 0 spiro atoms. The maximum absolute atomic E-state index is 12.2. The predicted octanol–water partition coefficient (Wildman–Crippen LogP) is 3.88. The first-order valence-electron chi connectivity index (χ1n) is 10.3. The van der Waals surface area contributed by atoms with Gasteiger partial charge in [0.05, 0.1) is 0 Å². The lowest BCUT2D eigenvalue weighted by atomic mass is 10.2. The van der Waals surface area contributed by atoms with Crippen molar-refractivity contribution in [3.63, 3.8) is 0 Å². The van der Waals surface area contributed by atoms with E-state index in [1.165, 1.54) is 0 Å². The van der Waals surface area contributed by atoms with Crippen LogP contribution in [0, 0.1) is 6.92 Å². The molecule has 160 valence electrons. The number of hydrogen-bond donors (Lipinski definition) is 2. The van der Waals surface area contributed by atoms with Crippen LogP contribution in [0.15, 0.2) is 46.9 Å². The van der Waals surface area contributed by atoms with Crippen LogP contribution in [0.4, 0.5) is 5.69 Å². The molecule has 0 radical (unpaired) electrons. The Morgan fingerprint density at radius 1 is 1.20 bits per heavy atom. The highest BCUT2D eigenvalue weighted by molar-refractivity contribution is 9.10. The Morgan fingerprint density at radius 3 is 2.73 bits per heavy atom. The molecule has 1 fully saturated rings. The van der Waals surface area contributed by atoms with E-state index in [1.807, 2.05) is 54.3 Å². The van der Waals surface area contributed by atoms with Crippen molar-refractivity contribution in [2.24, 2.45) is 0 Å². The van der Waals surface area contributed by atoms with Crippen LogP contribution in [0.2, 0.25) is 0 Å². The van der Waals surface area contributed by atoms with E-state index in [0.717, 1.165) is 53.8 Å². The molecule has 0 atom stereocenters. The number of benzene rings is 2. The molecule has 0 saturated carbocycles. The molecule has 2 aromatic rings. The lowest BCUT2D eigenvalue weighted by molar-refractivity contribution is -0.127. The van der Waals surface area contributed by atoms with E-state index in [9.17, 15) is 9.59 Å². The van der Waals surface area contributed by atoms with Crippen molar-refractivity contribution in [2.45, 2.75) is 32.7 Å². The van der Waals surface area contributed by atoms with E-state index in [0.29, 0.717) is 18.7 Å². The average Bonchev–Trinajstić information content (AvgIpc) is 3.13. The summed E-state index contributed by atoms with van der Waals surface area (Å²) >= 11 is 3.49. The van der Waals surface area contributed by atoms with Gasteiger partial charge in [0.15, 0.2) is 6.61 Å². The van der Waals surface area contributed by atoms with Crippen LogP contribution in [0.25, 0.3) is 0 Å². The molecule has 7 heteroatoms. The van der Waals surface area contributed by atoms with Gasteiger partial charge in [0, 0.05) is 41.8 Å². The molecule has 1 aliphatic rings. The fourth-order valence-corrected chi connectivity index (χ4v) is 3.77. The molecule has 1 aliphatic heterocycles. The number of halogens is 1. The number of ether oxygens (including phenoxy) is 1. The lowest BCUT2D eigenvalue weighted by Crippen LogP contribution is -2.28. The molecule has 0 aromatic heterocycles. The maximum atomic E-state index is 12.2. The Balaban J connectivity index is 1.45. The number of hydrogen-bond acceptors (Lipinski definition) is 4. The molecule has 1 saturated heterocycles. The van der Waals surface area contributed by atoms with Crippen molar-refractivity contribution in [3.8, 4) is 5.75 Å². The maximum Gasteiger partial charge on any atom is 0.262 e. The second-order valence-corrected chi connectivity index (χ2v) is 8.39. The van der Waals surface area contributed by atoms with E-state index in [2.05, 4.69) is 26.6 Å². The molecule has 3 rings (SSSR count). The summed E-state index contributed by atoms with van der Waals surface area (Å²) in [6.45, 7) is 5.06. The Morgan fingerprint density at radius 2 is 2.00 bits per heavy atom. The van der Waals surface area contributed by atoms with Crippen molar-refractivity contribution < 1.29 is 14.3 Å². The monoisotopic (exact) mass is 473 g/mol. The second kappa shape index (κ2) is 11.1. The minimum absolute atomic E-state index is 0.0560. The summed E-state index contributed by atoms with van der Waals surface area (Å²) in [5, 5.41) is 6.24. The molecule has 0 unspecified atom stereocenters. The van der Waals surface area contributed by atoms with E-state index < -0.39 is 0 Å². The average molecular weight is 474 g/mol. The van der Waals surface area contributed by atoms with Gasteiger partial charge < -0.3 is 20.3 Å². The largest absolute Gasteiger partial charge is 0.483 e. The Labute approximate surface area is 186 Å². The predicted molar refractivity (Wildman–Crippen MR) is 122 cm³/mol. The summed E-state index contributed by atoms with van der Waals surface area (Å²) in [4.78, 5) is 25.8. The third-order valence-electron chi connectivity index (χ3n) is 4.99. The first-order chi connectivity index (χ1) is 14.5. The van der Waals surface area contributed by atoms with Gasteiger partial charge in [0.1, 0.15) is 5.75 Å². The summed E-state index contributed by atoms with van der Waals surface area (Å²) in [6, 6.07) is 13.4. The number of amides is 2. The zero-order valence-electron chi connectivity index (χ0n) is 17.2. The number of carbonyl (C=O) groups excluding carboxylic acids is 2. The quantitative estimate of drug-likeness (QED) is 0.513. The van der Waals surface area contributed by atoms with Gasteiger partial charge in [-0.2, -0.15) is 0 Å². The Hall–Kier alpha value is -2.38. The minimum atomic E-state index is -0.198. The van der Waals surface area contributed by atoms with E-state index in [-0.39, 0.29) is 18.4 Å². The highest BCUT2D eigenvalue weighted by atomic mass is 79.9. The molecule has 0 bridgehead atoms. The Kier molecular flexibility index (Phi) is 8.28. The van der Waals surface area contributed by atoms with Gasteiger partial charge in [-0.1, -0.05) is 33.6 Å². The first-order valence-corrected chi connectivity index (χ1v) is 11.1. The van der Waals surface area contributed by atoms with Gasteiger partial charge in [0.25, 0.3) is 5.91 Å². The molecule has 2 N–H and O–H groups in total. The van der Waals surface area contributed by atoms with Crippen molar-refractivity contribution in [2.75, 3.05) is 31.6 Å². The zero-order valence-corrected chi connectivity index (χ0v) is 18.8. The van der Waals surface area contributed by atoms with E-state index in [4.69, 9.17) is 4.74 Å². The molecular formula is C23H28BrN3O3. The highest BCUT2D eigenvalue weighted by Gasteiger charge is 2.18. The summed E-state index contributed by atoms with van der Waals surface area (Å²) < 4.78 is 6.73. The fraction of sp³-hybridized carbons (Fsp3) is 0.391. The molecule has 2 aromatic carbocycles. The van der Waals surface area contributed by atoms with Gasteiger partial charge >= 0.3 is 0 Å². The van der Waals surface area contributed by atoms with Gasteiger partial charge in [-0.25, -0.2) is 0 Å². The number of aryl methyl sites for hydroxylation is 1. The summed E-state index contributed by atoms with van der Waals surface area (Å²) in [6.07, 6.45) is 2.57. The first kappa shape index (κ1) is 22.3. The SMILES string of the molecule is Cc1ccc(NC(=O)COc2ccc(Br)cc2CNCCCN2CCCC2=O)cc1. The third-order valence-corrected chi connectivity index (χ3v) is 5.48. The minimum Gasteiger partial charge on any atom is -0.483 e. The van der Waals surface area contributed by atoms with Crippen LogP contribution in [-0.4, -0.2) is 43.0 Å². The standard InChI is InChI=1S/C23H28BrN3O3/c1-17-5-8-20(9-6-17)26-22(28)16-30-21-10-7-19(24)14-18(21)15-25-11-3-13-27-12-2-4-23(27)29/h5-10,14,25H,2-4,11-13,15-16H2,1H3,(H,26,28). The number of rotatable bonds is 10. The number of nitrogens with one attached hydrogen (secondary N) is 2. The van der Waals surface area contributed by atoms with Crippen molar-refractivity contribution in [3.05, 3.63) is 58.1 Å². The highest BCUT2D eigenvalue weighted by Crippen LogP contribution is 2.23. The van der Waals surface area contributed by atoms with Crippen molar-refractivity contribution in [1.82, 2.24) is 10.2 Å². The topological polar surface area (TPSA) is 70.7 Å². The van der Waals surface area contributed by atoms with Crippen LogP contribution in [0.5, 0.6) is 5.75 Å². The van der Waals surface area contributed by atoms with Crippen LogP contribution in [0.1, 0.15) is 30.4 Å². The normalized spacial score (nSPS) is 13.5. The summed E-state index contributed by atoms with van der Waals surface area (Å²) in [5.41, 5.74) is 2.87. The van der Waals surface area contributed by atoms with Gasteiger partial charge in [0.2, 0.25) is 5.91 Å². The van der Waals surface area contributed by atoms with Crippen molar-refractivity contribution >= 4 is 33.4 Å². The molecule has 1 heterocycles. The molecule has 30 heavy (non-hydrogen) atoms. The Bertz CT molecular complexity index is 870. The third kappa shape index (κ3) is 6.85. The number of likely N-dealkylation sites (tertiary alicyclic amines) is 1. The van der Waals surface area contributed by atoms with E-state index >= 15 is 0 Å². The van der Waals surface area contributed by atoms with Gasteiger partial charge in [-0.15, -0.1) is 0 Å².